The third-order valence-electron chi connectivity index (χ3n) is 1.36. The predicted octanol–water partition coefficient (Wildman–Crippen LogP) is -0.653. The normalized spacial score (nSPS) is 18.0. The minimum absolute atomic E-state index is 0.0904. The first-order valence-corrected chi connectivity index (χ1v) is 5.10. The largest absolute Gasteiger partial charge is 0.426 e. The average molecular weight is 162 g/mol. The van der Waals surface area contributed by atoms with Gasteiger partial charge in [-0.15, -0.1) is 0 Å². The Labute approximate surface area is 65.3 Å². The summed E-state index contributed by atoms with van der Waals surface area (Å²) in [5.74, 6) is 0. The van der Waals surface area contributed by atoms with Crippen molar-refractivity contribution in [2.45, 2.75) is 32.1 Å². The van der Waals surface area contributed by atoms with Crippen molar-refractivity contribution >= 4 is 9.76 Å². The first kappa shape index (κ1) is 10.1. The Morgan fingerprint density at radius 1 is 1.70 bits per heavy atom. The molecule has 0 spiro atoms. The van der Waals surface area contributed by atoms with Gasteiger partial charge in [-0.2, -0.15) is 0 Å². The van der Waals surface area contributed by atoms with Crippen LogP contribution < -0.4 is 11.1 Å². The lowest BCUT2D eigenvalue weighted by Crippen LogP contribution is -2.45. The first-order chi connectivity index (χ1) is 4.70. The Hall–Kier alpha value is 0.0969. The van der Waals surface area contributed by atoms with Gasteiger partial charge in [0.15, 0.2) is 9.76 Å². The molecule has 0 amide bonds. The van der Waals surface area contributed by atoms with Gasteiger partial charge in [-0.1, -0.05) is 6.92 Å². The van der Waals surface area contributed by atoms with Crippen LogP contribution in [-0.4, -0.2) is 28.7 Å². The van der Waals surface area contributed by atoms with Crippen LogP contribution in [0.15, 0.2) is 0 Å². The zero-order valence-electron chi connectivity index (χ0n) is 7.05. The van der Waals surface area contributed by atoms with Crippen molar-refractivity contribution in [2.75, 3.05) is 7.11 Å². The summed E-state index contributed by atoms with van der Waals surface area (Å²) in [7, 11) is 1.36. The van der Waals surface area contributed by atoms with E-state index in [0.29, 0.717) is 5.67 Å². The lowest BCUT2D eigenvalue weighted by atomic mass is 10.4. The molecule has 0 radical (unpaired) electrons. The minimum Gasteiger partial charge on any atom is -0.426 e. The number of rotatable bonds is 5. The number of nitrogens with two attached hydrogens (primary N) is 1. The third kappa shape index (κ3) is 4.93. The first-order valence-electron chi connectivity index (χ1n) is 3.71. The number of nitrogens with one attached hydrogen (secondary N) is 1. The topological polar surface area (TPSA) is 47.3 Å². The Bertz CT molecular complexity index is 80.1. The van der Waals surface area contributed by atoms with E-state index in [1.807, 2.05) is 6.92 Å². The van der Waals surface area contributed by atoms with Gasteiger partial charge in [0, 0.05) is 12.8 Å². The molecule has 0 aromatic heterocycles. The van der Waals surface area contributed by atoms with Crippen LogP contribution in [0.3, 0.4) is 0 Å². The highest BCUT2D eigenvalue weighted by Crippen LogP contribution is 1.88. The van der Waals surface area contributed by atoms with Crippen LogP contribution in [0.5, 0.6) is 0 Å². The molecule has 2 unspecified atom stereocenters. The molecule has 2 atom stereocenters. The van der Waals surface area contributed by atoms with Gasteiger partial charge in [-0.05, 0) is 13.3 Å². The van der Waals surface area contributed by atoms with E-state index < -0.39 is 9.76 Å². The van der Waals surface area contributed by atoms with E-state index in [9.17, 15) is 0 Å². The molecule has 3 nitrogen and oxygen atoms in total. The van der Waals surface area contributed by atoms with E-state index in [0.717, 1.165) is 6.42 Å². The average Bonchev–Trinajstić information content (AvgIpc) is 1.86. The van der Waals surface area contributed by atoms with Crippen molar-refractivity contribution < 1.29 is 4.43 Å². The van der Waals surface area contributed by atoms with Crippen LogP contribution in [0.2, 0.25) is 0 Å². The lowest BCUT2D eigenvalue weighted by molar-refractivity contribution is 0.406. The molecule has 0 aliphatic carbocycles. The van der Waals surface area contributed by atoms with Crippen LogP contribution >= 0.6 is 0 Å². The van der Waals surface area contributed by atoms with E-state index in [4.69, 9.17) is 10.2 Å². The van der Waals surface area contributed by atoms with Crippen molar-refractivity contribution in [1.29, 1.82) is 0 Å². The summed E-state index contributed by atoms with van der Waals surface area (Å²) >= 11 is 0. The number of hydrogen-bond acceptors (Lipinski definition) is 3. The van der Waals surface area contributed by atoms with Crippen LogP contribution in [0.1, 0.15) is 20.3 Å². The summed E-state index contributed by atoms with van der Waals surface area (Å²) in [5, 5.41) is 3.24. The van der Waals surface area contributed by atoms with E-state index in [1.165, 1.54) is 0 Å². The zero-order chi connectivity index (χ0) is 7.98. The molecule has 62 valence electrons. The summed E-state index contributed by atoms with van der Waals surface area (Å²) in [6.45, 7) is 4.10. The Morgan fingerprint density at radius 3 is 2.60 bits per heavy atom. The maximum atomic E-state index is 5.55. The molecule has 0 aromatic rings. The number of hydrogen-bond donors (Lipinski definition) is 2. The Kier molecular flexibility index (Phi) is 5.91. The Balaban J connectivity index is 3.39. The summed E-state index contributed by atoms with van der Waals surface area (Å²) in [4.78, 5) is 0. The summed E-state index contributed by atoms with van der Waals surface area (Å²) in [6.07, 6.45) is 1.20. The van der Waals surface area contributed by atoms with Crippen LogP contribution in [-0.2, 0) is 4.43 Å². The van der Waals surface area contributed by atoms with Crippen molar-refractivity contribution in [2.24, 2.45) is 5.73 Å². The second kappa shape index (κ2) is 5.85. The quantitative estimate of drug-likeness (QED) is 0.417. The summed E-state index contributed by atoms with van der Waals surface area (Å²) < 4.78 is 5.12. The van der Waals surface area contributed by atoms with Crippen molar-refractivity contribution in [3.05, 3.63) is 0 Å². The second-order valence-electron chi connectivity index (χ2n) is 2.52. The molecular formula is C6H18N2OSi. The lowest BCUT2D eigenvalue weighted by Gasteiger charge is -2.17. The van der Waals surface area contributed by atoms with Crippen LogP contribution in [0, 0.1) is 0 Å². The summed E-state index contributed by atoms with van der Waals surface area (Å²) in [6, 6.07) is 0. The molecule has 0 aliphatic rings. The van der Waals surface area contributed by atoms with E-state index in [2.05, 4.69) is 12.2 Å². The van der Waals surface area contributed by atoms with Gasteiger partial charge < -0.3 is 15.5 Å². The zero-order valence-corrected chi connectivity index (χ0v) is 8.47. The van der Waals surface area contributed by atoms with Crippen LogP contribution in [0.4, 0.5) is 0 Å². The molecular weight excluding hydrogens is 144 g/mol. The molecule has 0 aromatic carbocycles. The van der Waals surface area contributed by atoms with Crippen molar-refractivity contribution in [3.63, 3.8) is 0 Å². The van der Waals surface area contributed by atoms with Gasteiger partial charge in [0.05, 0.1) is 6.17 Å². The molecule has 3 N–H and O–H groups in total. The SMILES string of the molecule is CCC(NC(C)N)[SiH2]OC. The fraction of sp³-hybridized carbons (Fsp3) is 1.00. The third-order valence-corrected chi connectivity index (χ3v) is 2.91. The maximum absolute atomic E-state index is 5.55. The molecule has 0 bridgehead atoms. The molecule has 0 heterocycles. The van der Waals surface area contributed by atoms with Crippen molar-refractivity contribution in [3.8, 4) is 0 Å². The molecule has 0 fully saturated rings. The van der Waals surface area contributed by atoms with E-state index in [1.54, 1.807) is 7.11 Å². The predicted molar refractivity (Wildman–Crippen MR) is 46.4 cm³/mol. The van der Waals surface area contributed by atoms with E-state index in [-0.39, 0.29) is 6.17 Å². The van der Waals surface area contributed by atoms with Crippen LogP contribution in [0.25, 0.3) is 0 Å². The highest BCUT2D eigenvalue weighted by Gasteiger charge is 2.06. The molecule has 0 aliphatic heterocycles. The second-order valence-corrected chi connectivity index (χ2v) is 4.41. The maximum Gasteiger partial charge on any atom is 0.177 e. The van der Waals surface area contributed by atoms with E-state index >= 15 is 0 Å². The molecule has 0 saturated carbocycles. The summed E-state index contributed by atoms with van der Waals surface area (Å²) in [5.41, 5.74) is 6.09. The smallest absolute Gasteiger partial charge is 0.177 e. The Morgan fingerprint density at radius 2 is 2.30 bits per heavy atom. The fourth-order valence-electron chi connectivity index (χ4n) is 0.857. The molecule has 4 heteroatoms. The molecule has 0 saturated heterocycles. The molecule has 10 heavy (non-hydrogen) atoms. The molecule has 0 rings (SSSR count). The van der Waals surface area contributed by atoms with Gasteiger partial charge >= 0.3 is 0 Å². The standard InChI is InChI=1S/C6H18N2OSi/c1-4-6(10-9-3)8-5(2)7/h5-6,8H,4,7,10H2,1-3H3. The van der Waals surface area contributed by atoms with Gasteiger partial charge in [-0.3, -0.25) is 0 Å². The van der Waals surface area contributed by atoms with Crippen molar-refractivity contribution in [1.82, 2.24) is 5.32 Å². The minimum atomic E-state index is -0.398. The monoisotopic (exact) mass is 162 g/mol. The van der Waals surface area contributed by atoms with Gasteiger partial charge in [0.2, 0.25) is 0 Å². The van der Waals surface area contributed by atoms with Gasteiger partial charge in [0.25, 0.3) is 0 Å². The van der Waals surface area contributed by atoms with Gasteiger partial charge in [0.1, 0.15) is 0 Å². The highest BCUT2D eigenvalue weighted by molar-refractivity contribution is 6.29. The van der Waals surface area contributed by atoms with Gasteiger partial charge in [-0.25, -0.2) is 0 Å². The fourth-order valence-corrected chi connectivity index (χ4v) is 1.96. The highest BCUT2D eigenvalue weighted by atomic mass is 28.2.